The molecule has 0 aliphatic rings. The molecule has 0 aliphatic carbocycles. The summed E-state index contributed by atoms with van der Waals surface area (Å²) in [5, 5.41) is 4.54. The molecule has 0 radical (unpaired) electrons. The fourth-order valence-corrected chi connectivity index (χ4v) is 3.78. The minimum atomic E-state index is -0.153. The third-order valence-electron chi connectivity index (χ3n) is 5.46. The van der Waals surface area contributed by atoms with Gasteiger partial charge in [0.1, 0.15) is 0 Å². The van der Waals surface area contributed by atoms with E-state index in [1.54, 1.807) is 17.0 Å². The number of amides is 1. The maximum Gasteiger partial charge on any atom is 0.255 e. The highest BCUT2D eigenvalue weighted by atomic mass is 35.5. The quantitative estimate of drug-likeness (QED) is 0.342. The van der Waals surface area contributed by atoms with Gasteiger partial charge in [-0.05, 0) is 31.5 Å². The average molecular weight is 446 g/mol. The minimum absolute atomic E-state index is 0.134. The Morgan fingerprint density at radius 1 is 1.00 bits per heavy atom. The molecular weight excluding hydrogens is 422 g/mol. The molecule has 5 nitrogen and oxygen atoms in total. The number of hydrogen-bond donors (Lipinski definition) is 0. The molecule has 32 heavy (non-hydrogen) atoms. The Labute approximate surface area is 192 Å². The van der Waals surface area contributed by atoms with Gasteiger partial charge in [0.25, 0.3) is 5.91 Å². The second-order valence-corrected chi connectivity index (χ2v) is 8.10. The fraction of sp³-hybridized carbons (Fsp3) is 0.192. The monoisotopic (exact) mass is 445 g/mol. The second-order valence-electron chi connectivity index (χ2n) is 7.69. The summed E-state index contributed by atoms with van der Waals surface area (Å²) >= 11 is 6.32. The second kappa shape index (κ2) is 9.79. The predicted octanol–water partition coefficient (Wildman–Crippen LogP) is 6.14. The van der Waals surface area contributed by atoms with Crippen molar-refractivity contribution in [2.24, 2.45) is 0 Å². The molecule has 0 N–H and O–H groups in total. The molecule has 1 amide bonds. The van der Waals surface area contributed by atoms with Crippen LogP contribution in [0.3, 0.4) is 0 Å². The summed E-state index contributed by atoms with van der Waals surface area (Å²) in [6, 6.07) is 24.8. The zero-order valence-electron chi connectivity index (χ0n) is 18.0. The Kier molecular flexibility index (Phi) is 6.66. The van der Waals surface area contributed by atoms with E-state index in [0.29, 0.717) is 35.3 Å². The lowest BCUT2D eigenvalue weighted by Gasteiger charge is -2.29. The molecule has 1 heterocycles. The SMILES string of the molecule is Cc1ccc(-c2noc(CCN(C(=O)c3ccccc3Cl)[C@@H](C)c3ccccc3)n2)cc1. The summed E-state index contributed by atoms with van der Waals surface area (Å²) in [6.45, 7) is 4.45. The summed E-state index contributed by atoms with van der Waals surface area (Å²) in [5.74, 6) is 0.892. The van der Waals surface area contributed by atoms with Crippen molar-refractivity contribution in [1.29, 1.82) is 0 Å². The van der Waals surface area contributed by atoms with Gasteiger partial charge in [0.15, 0.2) is 0 Å². The Hall–Kier alpha value is -3.44. The maximum atomic E-state index is 13.4. The zero-order chi connectivity index (χ0) is 22.5. The zero-order valence-corrected chi connectivity index (χ0v) is 18.8. The molecule has 4 rings (SSSR count). The van der Waals surface area contributed by atoms with E-state index in [1.165, 1.54) is 5.56 Å². The van der Waals surface area contributed by atoms with E-state index in [9.17, 15) is 4.79 Å². The van der Waals surface area contributed by atoms with Crippen molar-refractivity contribution in [1.82, 2.24) is 15.0 Å². The van der Waals surface area contributed by atoms with Gasteiger partial charge in [-0.25, -0.2) is 0 Å². The van der Waals surface area contributed by atoms with Gasteiger partial charge in [-0.1, -0.05) is 89.1 Å². The van der Waals surface area contributed by atoms with Crippen LogP contribution in [0.15, 0.2) is 83.4 Å². The molecular formula is C26H24ClN3O2. The first-order chi connectivity index (χ1) is 15.5. The largest absolute Gasteiger partial charge is 0.339 e. The summed E-state index contributed by atoms with van der Waals surface area (Å²) in [4.78, 5) is 19.8. The smallest absolute Gasteiger partial charge is 0.255 e. The number of nitrogens with zero attached hydrogens (tertiary/aromatic N) is 3. The molecule has 162 valence electrons. The number of aromatic nitrogens is 2. The first kappa shape index (κ1) is 21.8. The Morgan fingerprint density at radius 2 is 1.69 bits per heavy atom. The highest BCUT2D eigenvalue weighted by molar-refractivity contribution is 6.33. The van der Waals surface area contributed by atoms with Gasteiger partial charge >= 0.3 is 0 Å². The molecule has 4 aromatic rings. The van der Waals surface area contributed by atoms with Crippen molar-refractivity contribution in [2.45, 2.75) is 26.3 Å². The number of halogens is 1. The number of rotatable bonds is 7. The molecule has 0 saturated carbocycles. The number of carbonyl (C=O) groups excluding carboxylic acids is 1. The molecule has 0 fully saturated rings. The van der Waals surface area contributed by atoms with Crippen molar-refractivity contribution >= 4 is 17.5 Å². The van der Waals surface area contributed by atoms with Crippen LogP contribution in [0.5, 0.6) is 0 Å². The van der Waals surface area contributed by atoms with E-state index < -0.39 is 0 Å². The van der Waals surface area contributed by atoms with Gasteiger partial charge in [-0.2, -0.15) is 4.98 Å². The molecule has 6 heteroatoms. The van der Waals surface area contributed by atoms with Crippen LogP contribution in [0.2, 0.25) is 5.02 Å². The Balaban J connectivity index is 1.56. The number of hydrogen-bond acceptors (Lipinski definition) is 4. The number of benzene rings is 3. The van der Waals surface area contributed by atoms with Crippen molar-refractivity contribution in [2.75, 3.05) is 6.54 Å². The predicted molar refractivity (Wildman–Crippen MR) is 126 cm³/mol. The minimum Gasteiger partial charge on any atom is -0.339 e. The van der Waals surface area contributed by atoms with E-state index in [4.69, 9.17) is 16.1 Å². The van der Waals surface area contributed by atoms with E-state index in [2.05, 4.69) is 10.1 Å². The van der Waals surface area contributed by atoms with Crippen molar-refractivity contribution in [3.05, 3.63) is 106 Å². The summed E-state index contributed by atoms with van der Waals surface area (Å²) in [6.07, 6.45) is 0.437. The van der Waals surface area contributed by atoms with Gasteiger partial charge in [0.05, 0.1) is 16.6 Å². The summed E-state index contributed by atoms with van der Waals surface area (Å²) in [5.41, 5.74) is 3.58. The van der Waals surface area contributed by atoms with Gasteiger partial charge in [-0.15, -0.1) is 0 Å². The van der Waals surface area contributed by atoms with Gasteiger partial charge in [-0.3, -0.25) is 4.79 Å². The lowest BCUT2D eigenvalue weighted by atomic mass is 10.0. The molecule has 0 aliphatic heterocycles. The molecule has 0 spiro atoms. The molecule has 3 aromatic carbocycles. The van der Waals surface area contributed by atoms with Crippen LogP contribution in [-0.2, 0) is 6.42 Å². The van der Waals surface area contributed by atoms with Crippen LogP contribution in [0.4, 0.5) is 0 Å². The highest BCUT2D eigenvalue weighted by Crippen LogP contribution is 2.26. The lowest BCUT2D eigenvalue weighted by molar-refractivity contribution is 0.0689. The van der Waals surface area contributed by atoms with Crippen LogP contribution in [-0.4, -0.2) is 27.5 Å². The summed E-state index contributed by atoms with van der Waals surface area (Å²) < 4.78 is 5.47. The van der Waals surface area contributed by atoms with Crippen LogP contribution in [0.1, 0.15) is 40.3 Å². The summed E-state index contributed by atoms with van der Waals surface area (Å²) in [7, 11) is 0. The fourth-order valence-electron chi connectivity index (χ4n) is 3.56. The van der Waals surface area contributed by atoms with Crippen LogP contribution in [0, 0.1) is 6.92 Å². The van der Waals surface area contributed by atoms with Crippen LogP contribution in [0.25, 0.3) is 11.4 Å². The van der Waals surface area contributed by atoms with Crippen LogP contribution < -0.4 is 0 Å². The van der Waals surface area contributed by atoms with Gasteiger partial charge in [0.2, 0.25) is 11.7 Å². The highest BCUT2D eigenvalue weighted by Gasteiger charge is 2.25. The normalized spacial score (nSPS) is 11.8. The van der Waals surface area contributed by atoms with Crippen molar-refractivity contribution in [3.8, 4) is 11.4 Å². The standard InChI is InChI=1S/C26H24ClN3O2/c1-18-12-14-21(15-13-18)25-28-24(32-29-25)16-17-30(19(2)20-8-4-3-5-9-20)26(31)22-10-6-7-11-23(22)27/h3-15,19H,16-17H2,1-2H3/t19-/m0/s1. The molecule has 0 unspecified atom stereocenters. The first-order valence-electron chi connectivity index (χ1n) is 10.5. The average Bonchev–Trinajstić information content (AvgIpc) is 3.29. The topological polar surface area (TPSA) is 59.2 Å². The molecule has 1 atom stereocenters. The van der Waals surface area contributed by atoms with Gasteiger partial charge < -0.3 is 9.42 Å². The van der Waals surface area contributed by atoms with Gasteiger partial charge in [0, 0.05) is 18.5 Å². The third-order valence-corrected chi connectivity index (χ3v) is 5.79. The lowest BCUT2D eigenvalue weighted by Crippen LogP contribution is -2.35. The maximum absolute atomic E-state index is 13.4. The van der Waals surface area contributed by atoms with Crippen molar-refractivity contribution < 1.29 is 9.32 Å². The van der Waals surface area contributed by atoms with E-state index in [0.717, 1.165) is 11.1 Å². The number of aryl methyl sites for hydroxylation is 1. The molecule has 1 aromatic heterocycles. The Morgan fingerprint density at radius 3 is 2.41 bits per heavy atom. The Bertz CT molecular complexity index is 1190. The third kappa shape index (κ3) is 4.89. The van der Waals surface area contributed by atoms with E-state index in [1.807, 2.05) is 80.6 Å². The first-order valence-corrected chi connectivity index (χ1v) is 10.9. The van der Waals surface area contributed by atoms with E-state index >= 15 is 0 Å². The van der Waals surface area contributed by atoms with E-state index in [-0.39, 0.29) is 11.9 Å². The van der Waals surface area contributed by atoms with Crippen molar-refractivity contribution in [3.63, 3.8) is 0 Å². The molecule has 0 bridgehead atoms. The number of carbonyl (C=O) groups is 1. The van der Waals surface area contributed by atoms with Crippen LogP contribution >= 0.6 is 11.6 Å². The molecule has 0 saturated heterocycles.